The van der Waals surface area contributed by atoms with E-state index in [0.717, 1.165) is 16.5 Å². The van der Waals surface area contributed by atoms with Gasteiger partial charge in [-0.3, -0.25) is 14.4 Å². The van der Waals surface area contributed by atoms with E-state index in [-0.39, 0.29) is 18.3 Å². The molecule has 1 aromatic heterocycles. The lowest BCUT2D eigenvalue weighted by molar-refractivity contribution is -0.150. The fourth-order valence-corrected chi connectivity index (χ4v) is 5.03. The number of aromatic amines is 1. The van der Waals surface area contributed by atoms with Crippen LogP contribution in [0.5, 0.6) is 0 Å². The van der Waals surface area contributed by atoms with Crippen LogP contribution in [0.15, 0.2) is 30.5 Å². The van der Waals surface area contributed by atoms with Crippen molar-refractivity contribution in [1.29, 1.82) is 0 Å². The Morgan fingerprint density at radius 2 is 1.84 bits per heavy atom. The number of hydrogen-bond acceptors (Lipinski definition) is 5. The molecule has 0 radical (unpaired) electrons. The minimum Gasteiger partial charge on any atom is -0.480 e. The summed E-state index contributed by atoms with van der Waals surface area (Å²) in [5.74, 6) is -2.44. The first-order valence-corrected chi connectivity index (χ1v) is 13.5. The highest BCUT2D eigenvalue weighted by Gasteiger charge is 2.40. The van der Waals surface area contributed by atoms with Gasteiger partial charge < -0.3 is 31.4 Å². The fraction of sp³-hybridized carbons (Fsp3) is 0.571. The maximum atomic E-state index is 13.7. The summed E-state index contributed by atoms with van der Waals surface area (Å²) in [6, 6.07) is 4.10. The molecule has 38 heavy (non-hydrogen) atoms. The lowest BCUT2D eigenvalue weighted by atomic mass is 9.96. The van der Waals surface area contributed by atoms with Crippen molar-refractivity contribution in [3.8, 4) is 0 Å². The van der Waals surface area contributed by atoms with Gasteiger partial charge in [-0.05, 0) is 42.7 Å². The number of carbonyl (C=O) groups is 4. The van der Waals surface area contributed by atoms with Crippen molar-refractivity contribution in [3.05, 3.63) is 36.0 Å². The summed E-state index contributed by atoms with van der Waals surface area (Å²) < 4.78 is 0. The van der Waals surface area contributed by atoms with Crippen molar-refractivity contribution in [2.45, 2.75) is 84.0 Å². The van der Waals surface area contributed by atoms with Crippen molar-refractivity contribution < 1.29 is 24.3 Å². The highest BCUT2D eigenvalue weighted by atomic mass is 16.4. The quantitative estimate of drug-likeness (QED) is 0.285. The second kappa shape index (κ2) is 12.9. The van der Waals surface area contributed by atoms with Crippen LogP contribution in [0.4, 0.5) is 0 Å². The Morgan fingerprint density at radius 1 is 1.13 bits per heavy atom. The molecule has 1 aliphatic rings. The molecular formula is C28H41N5O5. The van der Waals surface area contributed by atoms with Crippen LogP contribution in [0.3, 0.4) is 0 Å². The number of carbonyl (C=O) groups excluding carboxylic acids is 3. The highest BCUT2D eigenvalue weighted by molar-refractivity contribution is 5.95. The molecule has 6 N–H and O–H groups in total. The zero-order valence-corrected chi connectivity index (χ0v) is 22.7. The van der Waals surface area contributed by atoms with Crippen LogP contribution in [0, 0.1) is 11.8 Å². The molecule has 0 spiro atoms. The molecule has 1 fully saturated rings. The minimum atomic E-state index is -1.05. The molecule has 1 saturated heterocycles. The van der Waals surface area contributed by atoms with Crippen LogP contribution < -0.4 is 16.4 Å². The Morgan fingerprint density at radius 3 is 2.50 bits per heavy atom. The second-order valence-electron chi connectivity index (χ2n) is 10.8. The standard InChI is InChI=1S/C28H41N5O5/c1-5-17(4)24(27(36)33-12-8-11-23(33)28(37)38)32-26(35)22(31-25(34)20(29)13-16(2)3)14-18-15-30-21-10-7-6-9-19(18)21/h6-7,9-10,15-17,20,22-24,30H,5,8,11-14,29H2,1-4H3,(H,31,34)(H,32,35)(H,37,38). The molecule has 1 aliphatic heterocycles. The largest absolute Gasteiger partial charge is 0.480 e. The van der Waals surface area contributed by atoms with Gasteiger partial charge in [0.2, 0.25) is 17.7 Å². The molecule has 0 bridgehead atoms. The number of nitrogens with zero attached hydrogens (tertiary/aromatic N) is 1. The SMILES string of the molecule is CCC(C)C(NC(=O)C(Cc1c[nH]c2ccccc12)NC(=O)C(N)CC(C)C)C(=O)N1CCCC1C(=O)O. The summed E-state index contributed by atoms with van der Waals surface area (Å²) in [6.45, 7) is 8.02. The number of carboxylic acids is 1. The van der Waals surface area contributed by atoms with Crippen molar-refractivity contribution in [2.75, 3.05) is 6.54 Å². The smallest absolute Gasteiger partial charge is 0.326 e. The molecule has 10 nitrogen and oxygen atoms in total. The van der Waals surface area contributed by atoms with E-state index in [9.17, 15) is 24.3 Å². The molecule has 3 rings (SSSR count). The van der Waals surface area contributed by atoms with Gasteiger partial charge in [0.25, 0.3) is 0 Å². The van der Waals surface area contributed by atoms with Crippen LogP contribution in [0.2, 0.25) is 0 Å². The van der Waals surface area contributed by atoms with Crippen LogP contribution in [-0.4, -0.2) is 69.4 Å². The van der Waals surface area contributed by atoms with Gasteiger partial charge in [0.1, 0.15) is 18.1 Å². The predicted octanol–water partition coefficient (Wildman–Crippen LogP) is 2.18. The number of aromatic nitrogens is 1. The number of fused-ring (bicyclic) bond motifs is 1. The number of nitrogens with one attached hydrogen (secondary N) is 3. The Kier molecular flexibility index (Phi) is 9.90. The number of hydrogen-bond donors (Lipinski definition) is 5. The first-order chi connectivity index (χ1) is 18.0. The van der Waals surface area contributed by atoms with Gasteiger partial charge in [-0.15, -0.1) is 0 Å². The molecule has 0 saturated carbocycles. The Labute approximate surface area is 223 Å². The Bertz CT molecular complexity index is 1150. The molecule has 3 amide bonds. The van der Waals surface area contributed by atoms with E-state index in [1.807, 2.05) is 58.2 Å². The molecule has 208 valence electrons. The summed E-state index contributed by atoms with van der Waals surface area (Å²) in [4.78, 5) is 56.4. The molecule has 1 aromatic carbocycles. The van der Waals surface area contributed by atoms with E-state index in [1.165, 1.54) is 4.90 Å². The molecular weight excluding hydrogens is 486 g/mol. The Hall–Kier alpha value is -3.40. The number of likely N-dealkylation sites (tertiary alicyclic amines) is 1. The third-order valence-corrected chi connectivity index (χ3v) is 7.39. The van der Waals surface area contributed by atoms with Crippen LogP contribution >= 0.6 is 0 Å². The maximum absolute atomic E-state index is 13.7. The van der Waals surface area contributed by atoms with E-state index < -0.39 is 47.9 Å². The van der Waals surface area contributed by atoms with E-state index in [4.69, 9.17) is 5.73 Å². The monoisotopic (exact) mass is 527 g/mol. The first kappa shape index (κ1) is 29.2. The number of aliphatic carboxylic acids is 1. The van der Waals surface area contributed by atoms with E-state index in [0.29, 0.717) is 32.2 Å². The minimum absolute atomic E-state index is 0.193. The number of para-hydroxylation sites is 1. The number of nitrogens with two attached hydrogens (primary N) is 1. The van der Waals surface area contributed by atoms with Gasteiger partial charge >= 0.3 is 5.97 Å². The molecule has 2 aromatic rings. The summed E-state index contributed by atoms with van der Waals surface area (Å²) in [7, 11) is 0. The van der Waals surface area contributed by atoms with Crippen LogP contribution in [-0.2, 0) is 25.6 Å². The van der Waals surface area contributed by atoms with Crippen LogP contribution in [0.1, 0.15) is 58.9 Å². The molecule has 0 aliphatic carbocycles. The number of carboxylic acid groups (broad SMARTS) is 1. The van der Waals surface area contributed by atoms with Crippen LogP contribution in [0.25, 0.3) is 10.9 Å². The molecule has 5 unspecified atom stereocenters. The molecule has 10 heteroatoms. The zero-order chi connectivity index (χ0) is 28.0. The van der Waals surface area contributed by atoms with Gasteiger partial charge in [-0.2, -0.15) is 0 Å². The van der Waals surface area contributed by atoms with Crippen molar-refractivity contribution in [2.24, 2.45) is 17.6 Å². The maximum Gasteiger partial charge on any atom is 0.326 e. The number of benzene rings is 1. The summed E-state index contributed by atoms with van der Waals surface area (Å²) in [5.41, 5.74) is 7.86. The first-order valence-electron chi connectivity index (χ1n) is 13.5. The highest BCUT2D eigenvalue weighted by Crippen LogP contribution is 2.23. The van der Waals surface area contributed by atoms with E-state index >= 15 is 0 Å². The fourth-order valence-electron chi connectivity index (χ4n) is 5.03. The normalized spacial score (nSPS) is 18.7. The molecule has 2 heterocycles. The third-order valence-electron chi connectivity index (χ3n) is 7.39. The van der Waals surface area contributed by atoms with E-state index in [1.54, 1.807) is 0 Å². The van der Waals surface area contributed by atoms with Gasteiger partial charge in [0.15, 0.2) is 0 Å². The topological polar surface area (TPSA) is 158 Å². The summed E-state index contributed by atoms with van der Waals surface area (Å²) >= 11 is 0. The lowest BCUT2D eigenvalue weighted by Crippen LogP contribution is -2.59. The Balaban J connectivity index is 1.86. The van der Waals surface area contributed by atoms with E-state index in [2.05, 4.69) is 15.6 Å². The number of rotatable bonds is 12. The number of amides is 3. The summed E-state index contributed by atoms with van der Waals surface area (Å²) in [5, 5.41) is 16.2. The van der Waals surface area contributed by atoms with Crippen molar-refractivity contribution in [1.82, 2.24) is 20.5 Å². The van der Waals surface area contributed by atoms with Crippen molar-refractivity contribution in [3.63, 3.8) is 0 Å². The van der Waals surface area contributed by atoms with Gasteiger partial charge in [-0.25, -0.2) is 4.79 Å². The third kappa shape index (κ3) is 6.92. The average Bonchev–Trinajstić information content (AvgIpc) is 3.53. The molecule has 5 atom stereocenters. The predicted molar refractivity (Wildman–Crippen MR) is 145 cm³/mol. The van der Waals surface area contributed by atoms with Gasteiger partial charge in [-0.1, -0.05) is 52.3 Å². The van der Waals surface area contributed by atoms with Gasteiger partial charge in [0, 0.05) is 30.1 Å². The average molecular weight is 528 g/mol. The number of H-pyrrole nitrogens is 1. The summed E-state index contributed by atoms with van der Waals surface area (Å²) in [6.07, 6.45) is 4.04. The van der Waals surface area contributed by atoms with Gasteiger partial charge in [0.05, 0.1) is 6.04 Å². The lowest BCUT2D eigenvalue weighted by Gasteiger charge is -2.31. The van der Waals surface area contributed by atoms with Crippen molar-refractivity contribution >= 4 is 34.6 Å². The zero-order valence-electron chi connectivity index (χ0n) is 22.7. The second-order valence-corrected chi connectivity index (χ2v) is 10.8.